The minimum atomic E-state index is -0.167. The molecule has 1 N–H and O–H groups in total. The van der Waals surface area contributed by atoms with Crippen LogP contribution < -0.4 is 10.2 Å². The van der Waals surface area contributed by atoms with Crippen molar-refractivity contribution < 1.29 is 9.59 Å². The predicted molar refractivity (Wildman–Crippen MR) is 97.8 cm³/mol. The number of urea groups is 1. The Morgan fingerprint density at radius 2 is 1.88 bits per heavy atom. The molecule has 2 aromatic rings. The average molecular weight is 354 g/mol. The molecule has 128 valence electrons. The molecule has 3 aliphatic heterocycles. The maximum absolute atomic E-state index is 13.3. The Bertz CT molecular complexity index is 879. The van der Waals surface area contributed by atoms with Gasteiger partial charge in [-0.05, 0) is 19.2 Å². The number of nitrogens with one attached hydrogen (secondary N) is 1. The average Bonchev–Trinajstić information content (AvgIpc) is 2.96. The van der Waals surface area contributed by atoms with Gasteiger partial charge < -0.3 is 15.1 Å². The second-order valence-corrected chi connectivity index (χ2v) is 8.03. The Labute approximate surface area is 149 Å². The highest BCUT2D eigenvalue weighted by molar-refractivity contribution is 7.08. The molecule has 0 saturated carbocycles. The lowest BCUT2D eigenvalue weighted by molar-refractivity contribution is -0.0813. The van der Waals surface area contributed by atoms with Gasteiger partial charge in [-0.1, -0.05) is 12.1 Å². The van der Waals surface area contributed by atoms with Crippen molar-refractivity contribution in [2.45, 2.75) is 0 Å². The summed E-state index contributed by atoms with van der Waals surface area (Å²) in [7, 11) is 2.11. The highest BCUT2D eigenvalue weighted by atomic mass is 32.1. The van der Waals surface area contributed by atoms with Gasteiger partial charge in [0.25, 0.3) is 5.91 Å². The third kappa shape index (κ3) is 2.12. The quantitative estimate of drug-likeness (QED) is 0.791. The number of likely N-dealkylation sites (tertiary alicyclic amines) is 2. The molecule has 0 atom stereocenters. The van der Waals surface area contributed by atoms with Crippen molar-refractivity contribution in [3.63, 3.8) is 0 Å². The number of hydrogen-bond donors (Lipinski definition) is 1. The second-order valence-electron chi connectivity index (χ2n) is 7.29. The molecule has 0 bridgehead atoms. The normalized spacial score (nSPS) is 20.9. The van der Waals surface area contributed by atoms with E-state index < -0.39 is 0 Å². The molecule has 7 heteroatoms. The first kappa shape index (κ1) is 14.9. The van der Waals surface area contributed by atoms with Gasteiger partial charge in [-0.3, -0.25) is 9.69 Å². The van der Waals surface area contributed by atoms with Gasteiger partial charge in [-0.15, -0.1) is 11.3 Å². The van der Waals surface area contributed by atoms with Gasteiger partial charge in [0.05, 0.1) is 22.6 Å². The number of amides is 3. The lowest BCUT2D eigenvalue weighted by atomic mass is 9.73. The highest BCUT2D eigenvalue weighted by Crippen LogP contribution is 2.43. The standard InChI is InChI=1S/C18H18N4O2S/c1-20-8-18(9-20)10-21(11-18)17(24)22-14-5-3-2-4-13(14)19-16(23)12-6-25-7-15(12)22/h2-7H,8-11H2,1H3,(H,19,23). The van der Waals surface area contributed by atoms with Crippen LogP contribution in [0.1, 0.15) is 10.4 Å². The van der Waals surface area contributed by atoms with E-state index in [1.165, 1.54) is 11.3 Å². The summed E-state index contributed by atoms with van der Waals surface area (Å²) in [6.45, 7) is 3.68. The van der Waals surface area contributed by atoms with Crippen LogP contribution in [-0.4, -0.2) is 55.0 Å². The molecule has 1 spiro atoms. The van der Waals surface area contributed by atoms with Gasteiger partial charge in [0.1, 0.15) is 0 Å². The van der Waals surface area contributed by atoms with Crippen LogP contribution in [0.5, 0.6) is 0 Å². The van der Waals surface area contributed by atoms with Gasteiger partial charge in [-0.25, -0.2) is 4.79 Å². The first-order valence-electron chi connectivity index (χ1n) is 8.31. The Kier molecular flexibility index (Phi) is 3.02. The summed E-state index contributed by atoms with van der Waals surface area (Å²) in [5, 5.41) is 6.60. The number of thiophene rings is 1. The SMILES string of the molecule is CN1CC2(C1)CN(C(=O)N1c3ccccc3NC(=O)c3cscc31)C2. The molecule has 0 radical (unpaired) electrons. The van der Waals surface area contributed by atoms with Crippen molar-refractivity contribution in [1.82, 2.24) is 9.80 Å². The number of para-hydroxylation sites is 2. The zero-order chi connectivity index (χ0) is 17.2. The van der Waals surface area contributed by atoms with Crippen molar-refractivity contribution in [2.24, 2.45) is 5.41 Å². The minimum Gasteiger partial charge on any atom is -0.323 e. The molecule has 0 aliphatic carbocycles. The molecule has 4 heterocycles. The first-order valence-corrected chi connectivity index (χ1v) is 9.25. The Balaban J connectivity index is 1.52. The summed E-state index contributed by atoms with van der Waals surface area (Å²) in [5.41, 5.74) is 2.89. The number of rotatable bonds is 0. The molecule has 3 aliphatic rings. The van der Waals surface area contributed by atoms with E-state index in [0.29, 0.717) is 16.9 Å². The Hall–Kier alpha value is -2.38. The maximum Gasteiger partial charge on any atom is 0.329 e. The molecule has 6 nitrogen and oxygen atoms in total. The van der Waals surface area contributed by atoms with E-state index in [-0.39, 0.29) is 17.4 Å². The monoisotopic (exact) mass is 354 g/mol. The number of benzene rings is 1. The van der Waals surface area contributed by atoms with Gasteiger partial charge in [-0.2, -0.15) is 0 Å². The molecule has 0 unspecified atom stereocenters. The van der Waals surface area contributed by atoms with Crippen LogP contribution >= 0.6 is 11.3 Å². The van der Waals surface area contributed by atoms with E-state index in [9.17, 15) is 9.59 Å². The predicted octanol–water partition coefficient (Wildman–Crippen LogP) is 2.82. The summed E-state index contributed by atoms with van der Waals surface area (Å²) in [6, 6.07) is 7.42. The van der Waals surface area contributed by atoms with Crippen LogP contribution in [0.2, 0.25) is 0 Å². The van der Waals surface area contributed by atoms with E-state index in [1.54, 1.807) is 10.3 Å². The van der Waals surface area contributed by atoms with Gasteiger partial charge in [0.2, 0.25) is 0 Å². The minimum absolute atomic E-state index is 0.0521. The number of carbonyl (C=O) groups excluding carboxylic acids is 2. The van der Waals surface area contributed by atoms with E-state index in [2.05, 4.69) is 17.3 Å². The van der Waals surface area contributed by atoms with E-state index >= 15 is 0 Å². The fraction of sp³-hybridized carbons (Fsp3) is 0.333. The second kappa shape index (κ2) is 5.06. The number of fused-ring (bicyclic) bond motifs is 2. The number of hydrogen-bond acceptors (Lipinski definition) is 4. The molecule has 2 saturated heterocycles. The molecular weight excluding hydrogens is 336 g/mol. The van der Waals surface area contributed by atoms with Crippen molar-refractivity contribution in [1.29, 1.82) is 0 Å². The first-order chi connectivity index (χ1) is 12.1. The zero-order valence-electron chi connectivity index (χ0n) is 13.9. The third-order valence-electron chi connectivity index (χ3n) is 5.25. The molecule has 1 aromatic carbocycles. The summed E-state index contributed by atoms with van der Waals surface area (Å²) >= 11 is 1.44. The largest absolute Gasteiger partial charge is 0.329 e. The van der Waals surface area contributed by atoms with Crippen LogP contribution in [-0.2, 0) is 0 Å². The summed E-state index contributed by atoms with van der Waals surface area (Å²) in [4.78, 5) is 31.6. The summed E-state index contributed by atoms with van der Waals surface area (Å²) in [5.74, 6) is -0.167. The molecule has 25 heavy (non-hydrogen) atoms. The lowest BCUT2D eigenvalue weighted by Gasteiger charge is -2.59. The molecule has 5 rings (SSSR count). The summed E-state index contributed by atoms with van der Waals surface area (Å²) < 4.78 is 0. The Morgan fingerprint density at radius 3 is 2.64 bits per heavy atom. The molecule has 3 amide bonds. The van der Waals surface area contributed by atoms with Crippen LogP contribution in [0.3, 0.4) is 0 Å². The Morgan fingerprint density at radius 1 is 1.12 bits per heavy atom. The van der Waals surface area contributed by atoms with Crippen molar-refractivity contribution >= 4 is 40.3 Å². The topological polar surface area (TPSA) is 55.9 Å². The molecule has 1 aromatic heterocycles. The number of anilines is 3. The van der Waals surface area contributed by atoms with Gasteiger partial charge in [0, 0.05) is 42.4 Å². The highest BCUT2D eigenvalue weighted by Gasteiger charge is 2.53. The smallest absolute Gasteiger partial charge is 0.323 e. The fourth-order valence-corrected chi connectivity index (χ4v) is 5.07. The van der Waals surface area contributed by atoms with Crippen LogP contribution in [0.15, 0.2) is 35.0 Å². The van der Waals surface area contributed by atoms with Crippen molar-refractivity contribution in [2.75, 3.05) is 43.4 Å². The van der Waals surface area contributed by atoms with Crippen molar-refractivity contribution in [3.05, 3.63) is 40.6 Å². The zero-order valence-corrected chi connectivity index (χ0v) is 14.7. The number of carbonyl (C=O) groups is 2. The van der Waals surface area contributed by atoms with Crippen LogP contribution in [0.4, 0.5) is 21.9 Å². The van der Waals surface area contributed by atoms with Crippen molar-refractivity contribution in [3.8, 4) is 0 Å². The van der Waals surface area contributed by atoms with E-state index in [0.717, 1.165) is 31.9 Å². The van der Waals surface area contributed by atoms with Crippen LogP contribution in [0.25, 0.3) is 0 Å². The lowest BCUT2D eigenvalue weighted by Crippen LogP contribution is -2.72. The third-order valence-corrected chi connectivity index (χ3v) is 5.98. The van der Waals surface area contributed by atoms with E-state index in [4.69, 9.17) is 0 Å². The van der Waals surface area contributed by atoms with Gasteiger partial charge in [0.15, 0.2) is 0 Å². The number of nitrogens with zero attached hydrogens (tertiary/aromatic N) is 3. The fourth-order valence-electron chi connectivity index (χ4n) is 4.27. The maximum atomic E-state index is 13.3. The molecular formula is C18H18N4O2S. The summed E-state index contributed by atoms with van der Waals surface area (Å²) in [6.07, 6.45) is 0. The van der Waals surface area contributed by atoms with Crippen LogP contribution in [0, 0.1) is 5.41 Å². The van der Waals surface area contributed by atoms with E-state index in [1.807, 2.05) is 34.5 Å². The molecule has 2 fully saturated rings. The van der Waals surface area contributed by atoms with Gasteiger partial charge >= 0.3 is 6.03 Å².